The number of amides is 2. The SMILES string of the molecule is COc1cc2c(OCC3(C)COCC(=O)N3)nccc2cc1C(N)=O. The summed E-state index contributed by atoms with van der Waals surface area (Å²) in [4.78, 5) is 27.3. The van der Waals surface area contributed by atoms with Crippen molar-refractivity contribution < 1.29 is 23.8 Å². The molecular weight excluding hydrogens is 326 g/mol. The number of carbonyl (C=O) groups excluding carboxylic acids is 2. The minimum atomic E-state index is -0.642. The number of hydrogen-bond acceptors (Lipinski definition) is 6. The van der Waals surface area contributed by atoms with E-state index in [-0.39, 0.29) is 24.7 Å². The molecule has 25 heavy (non-hydrogen) atoms. The van der Waals surface area contributed by atoms with Crippen LogP contribution in [0.1, 0.15) is 17.3 Å². The summed E-state index contributed by atoms with van der Waals surface area (Å²) in [5.74, 6) is -0.0464. The van der Waals surface area contributed by atoms with E-state index in [9.17, 15) is 9.59 Å². The summed E-state index contributed by atoms with van der Waals surface area (Å²) in [6.07, 6.45) is 1.58. The Balaban J connectivity index is 1.91. The smallest absolute Gasteiger partial charge is 0.252 e. The highest BCUT2D eigenvalue weighted by Gasteiger charge is 2.32. The van der Waals surface area contributed by atoms with Crippen LogP contribution in [0.3, 0.4) is 0 Å². The Labute approximate surface area is 144 Å². The fourth-order valence-electron chi connectivity index (χ4n) is 2.73. The topological polar surface area (TPSA) is 113 Å². The highest BCUT2D eigenvalue weighted by molar-refractivity contribution is 6.01. The number of aromatic nitrogens is 1. The quantitative estimate of drug-likeness (QED) is 0.822. The van der Waals surface area contributed by atoms with E-state index >= 15 is 0 Å². The third-order valence-corrected chi connectivity index (χ3v) is 3.94. The summed E-state index contributed by atoms with van der Waals surface area (Å²) in [6, 6.07) is 5.05. The molecule has 1 saturated heterocycles. The van der Waals surface area contributed by atoms with Gasteiger partial charge in [-0.25, -0.2) is 4.98 Å². The molecule has 8 heteroatoms. The normalized spacial score (nSPS) is 20.2. The fraction of sp³-hybridized carbons (Fsp3) is 0.353. The van der Waals surface area contributed by atoms with Crippen LogP contribution in [-0.2, 0) is 9.53 Å². The molecule has 0 bridgehead atoms. The number of pyridine rings is 1. The summed E-state index contributed by atoms with van der Waals surface area (Å²) in [5, 5.41) is 4.28. The summed E-state index contributed by atoms with van der Waals surface area (Å²) in [5.41, 5.74) is 5.03. The Hall–Kier alpha value is -2.87. The van der Waals surface area contributed by atoms with E-state index in [1.165, 1.54) is 7.11 Å². The summed E-state index contributed by atoms with van der Waals surface area (Å²) < 4.78 is 16.3. The van der Waals surface area contributed by atoms with Gasteiger partial charge in [0.1, 0.15) is 19.0 Å². The number of methoxy groups -OCH3 is 1. The predicted molar refractivity (Wildman–Crippen MR) is 89.7 cm³/mol. The Kier molecular flexibility index (Phi) is 4.45. The van der Waals surface area contributed by atoms with Gasteiger partial charge in [-0.2, -0.15) is 0 Å². The molecule has 0 spiro atoms. The largest absolute Gasteiger partial charge is 0.496 e. The van der Waals surface area contributed by atoms with Gasteiger partial charge in [-0.05, 0) is 30.5 Å². The van der Waals surface area contributed by atoms with Gasteiger partial charge in [-0.1, -0.05) is 0 Å². The fourth-order valence-corrected chi connectivity index (χ4v) is 2.73. The molecule has 1 aliphatic heterocycles. The molecule has 2 aromatic rings. The Morgan fingerprint density at radius 3 is 2.96 bits per heavy atom. The maximum atomic E-state index is 11.6. The van der Waals surface area contributed by atoms with Gasteiger partial charge in [-0.15, -0.1) is 0 Å². The van der Waals surface area contributed by atoms with Crippen molar-refractivity contribution >= 4 is 22.6 Å². The standard InChI is InChI=1S/C17H19N3O5/c1-17(8-24-7-14(21)20-17)9-25-16-11-6-13(23-2)12(15(18)22)5-10(11)3-4-19-16/h3-6H,7-9H2,1-2H3,(H2,18,22)(H,20,21). The molecule has 0 saturated carbocycles. The zero-order valence-electron chi connectivity index (χ0n) is 14.0. The minimum absolute atomic E-state index is 0.0508. The van der Waals surface area contributed by atoms with Crippen LogP contribution in [0, 0.1) is 0 Å². The number of hydrogen-bond donors (Lipinski definition) is 2. The highest BCUT2D eigenvalue weighted by atomic mass is 16.5. The number of nitrogens with one attached hydrogen (secondary N) is 1. The molecule has 0 aliphatic carbocycles. The van der Waals surface area contributed by atoms with Crippen molar-refractivity contribution in [1.82, 2.24) is 10.3 Å². The van der Waals surface area contributed by atoms with E-state index in [0.717, 1.165) is 5.39 Å². The molecule has 2 heterocycles. The number of nitrogens with two attached hydrogens (primary N) is 1. The maximum Gasteiger partial charge on any atom is 0.252 e. The van der Waals surface area contributed by atoms with Crippen LogP contribution in [-0.4, -0.2) is 49.3 Å². The van der Waals surface area contributed by atoms with Gasteiger partial charge in [0, 0.05) is 11.6 Å². The van der Waals surface area contributed by atoms with E-state index in [2.05, 4.69) is 10.3 Å². The van der Waals surface area contributed by atoms with Gasteiger partial charge in [0.15, 0.2) is 0 Å². The van der Waals surface area contributed by atoms with Gasteiger partial charge < -0.3 is 25.3 Å². The van der Waals surface area contributed by atoms with Crippen molar-refractivity contribution in [3.8, 4) is 11.6 Å². The number of morpholine rings is 1. The lowest BCUT2D eigenvalue weighted by Crippen LogP contribution is -2.58. The van der Waals surface area contributed by atoms with Crippen molar-refractivity contribution in [3.05, 3.63) is 30.0 Å². The molecule has 132 valence electrons. The predicted octanol–water partition coefficient (Wildman–Crippen LogP) is 0.626. The zero-order chi connectivity index (χ0) is 18.0. The Morgan fingerprint density at radius 2 is 2.28 bits per heavy atom. The van der Waals surface area contributed by atoms with Crippen LogP contribution in [0.2, 0.25) is 0 Å². The van der Waals surface area contributed by atoms with Crippen molar-refractivity contribution in [2.24, 2.45) is 5.73 Å². The van der Waals surface area contributed by atoms with Crippen LogP contribution in [0.15, 0.2) is 24.4 Å². The monoisotopic (exact) mass is 345 g/mol. The first-order chi connectivity index (χ1) is 11.9. The van der Waals surface area contributed by atoms with Crippen LogP contribution in [0.25, 0.3) is 10.8 Å². The maximum absolute atomic E-state index is 11.6. The number of carbonyl (C=O) groups is 2. The van der Waals surface area contributed by atoms with Crippen molar-refractivity contribution in [2.75, 3.05) is 26.9 Å². The molecule has 1 unspecified atom stereocenters. The average molecular weight is 345 g/mol. The second-order valence-electron chi connectivity index (χ2n) is 6.14. The molecule has 0 radical (unpaired) electrons. The van der Waals surface area contributed by atoms with Crippen LogP contribution >= 0.6 is 0 Å². The van der Waals surface area contributed by atoms with Crippen molar-refractivity contribution in [3.63, 3.8) is 0 Å². The van der Waals surface area contributed by atoms with Gasteiger partial charge in [-0.3, -0.25) is 9.59 Å². The number of benzene rings is 1. The number of rotatable bonds is 5. The molecule has 1 aromatic carbocycles. The minimum Gasteiger partial charge on any atom is -0.496 e. The Bertz CT molecular complexity index is 838. The molecule has 1 fully saturated rings. The van der Waals surface area contributed by atoms with Gasteiger partial charge in [0.25, 0.3) is 5.91 Å². The first-order valence-electron chi connectivity index (χ1n) is 7.70. The molecular formula is C17H19N3O5. The molecule has 3 rings (SSSR count). The van der Waals surface area contributed by atoms with Crippen LogP contribution in [0.5, 0.6) is 11.6 Å². The summed E-state index contributed by atoms with van der Waals surface area (Å²) >= 11 is 0. The van der Waals surface area contributed by atoms with Gasteiger partial charge >= 0.3 is 0 Å². The number of primary amides is 1. The second kappa shape index (κ2) is 6.56. The van der Waals surface area contributed by atoms with Gasteiger partial charge in [0.2, 0.25) is 11.8 Å². The Morgan fingerprint density at radius 1 is 1.48 bits per heavy atom. The van der Waals surface area contributed by atoms with Gasteiger partial charge in [0.05, 0.1) is 24.8 Å². The van der Waals surface area contributed by atoms with E-state index in [1.54, 1.807) is 24.4 Å². The first-order valence-corrected chi connectivity index (χ1v) is 7.70. The highest BCUT2D eigenvalue weighted by Crippen LogP contribution is 2.31. The molecule has 3 N–H and O–H groups in total. The third kappa shape index (κ3) is 3.48. The van der Waals surface area contributed by atoms with Crippen LogP contribution in [0.4, 0.5) is 0 Å². The molecule has 1 atom stereocenters. The summed E-state index contributed by atoms with van der Waals surface area (Å²) in [6.45, 7) is 2.42. The molecule has 1 aromatic heterocycles. The molecule has 1 aliphatic rings. The van der Waals surface area contributed by atoms with E-state index in [4.69, 9.17) is 19.9 Å². The molecule has 8 nitrogen and oxygen atoms in total. The third-order valence-electron chi connectivity index (χ3n) is 3.94. The van der Waals surface area contributed by atoms with E-state index in [1.807, 2.05) is 6.92 Å². The summed E-state index contributed by atoms with van der Waals surface area (Å²) in [7, 11) is 1.46. The lowest BCUT2D eigenvalue weighted by molar-refractivity contribution is -0.135. The first kappa shape index (κ1) is 17.0. The number of nitrogens with zero attached hydrogens (tertiary/aromatic N) is 1. The molecule has 2 amide bonds. The van der Waals surface area contributed by atoms with Crippen molar-refractivity contribution in [1.29, 1.82) is 0 Å². The van der Waals surface area contributed by atoms with Crippen molar-refractivity contribution in [2.45, 2.75) is 12.5 Å². The van der Waals surface area contributed by atoms with Crippen LogP contribution < -0.4 is 20.5 Å². The van der Waals surface area contributed by atoms with E-state index in [0.29, 0.717) is 23.6 Å². The number of ether oxygens (including phenoxy) is 3. The lowest BCUT2D eigenvalue weighted by atomic mass is 10.0. The number of fused-ring (bicyclic) bond motifs is 1. The average Bonchev–Trinajstić information content (AvgIpc) is 2.58. The lowest BCUT2D eigenvalue weighted by Gasteiger charge is -2.33. The second-order valence-corrected chi connectivity index (χ2v) is 6.14. The zero-order valence-corrected chi connectivity index (χ0v) is 14.0. The van der Waals surface area contributed by atoms with E-state index < -0.39 is 11.4 Å².